The zero-order chi connectivity index (χ0) is 22.4. The van der Waals surface area contributed by atoms with Crippen LogP contribution in [0.5, 0.6) is 0 Å². The number of nitrogens with two attached hydrogens (primary N) is 1. The topological polar surface area (TPSA) is 101 Å². The minimum Gasteiger partial charge on any atom is -0.366 e. The molecule has 0 bridgehead atoms. The first kappa shape index (κ1) is 22.0. The molecule has 0 heterocycles. The average molecular weight is 437 g/mol. The molecular formula is C23H20FN3O3S. The summed E-state index contributed by atoms with van der Waals surface area (Å²) in [5, 5.41) is 4.87. The lowest BCUT2D eigenvalue weighted by Crippen LogP contribution is -2.24. The van der Waals surface area contributed by atoms with Gasteiger partial charge in [0.1, 0.15) is 5.82 Å². The van der Waals surface area contributed by atoms with E-state index in [0.717, 1.165) is 4.90 Å². The molecule has 0 spiro atoms. The highest BCUT2D eigenvalue weighted by Gasteiger charge is 2.18. The molecule has 31 heavy (non-hydrogen) atoms. The van der Waals surface area contributed by atoms with Crippen molar-refractivity contribution in [2.24, 2.45) is 5.73 Å². The van der Waals surface area contributed by atoms with Crippen LogP contribution in [-0.4, -0.2) is 23.0 Å². The maximum absolute atomic E-state index is 13.8. The summed E-state index contributed by atoms with van der Waals surface area (Å²) in [7, 11) is 0. The number of hydrogen-bond acceptors (Lipinski definition) is 4. The third-order valence-corrected chi connectivity index (χ3v) is 5.44. The molecule has 0 aromatic heterocycles. The molecule has 1 unspecified atom stereocenters. The fourth-order valence-electron chi connectivity index (χ4n) is 2.79. The molecule has 4 N–H and O–H groups in total. The molecule has 0 aliphatic heterocycles. The number of nitrogens with one attached hydrogen (secondary N) is 2. The molecule has 0 aliphatic carbocycles. The molecule has 0 saturated carbocycles. The lowest BCUT2D eigenvalue weighted by molar-refractivity contribution is -0.115. The highest BCUT2D eigenvalue weighted by atomic mass is 32.2. The SMILES string of the molecule is CC(Sc1cccc(NC(=O)c2ccccc2F)c1)C(=O)Nc1ccccc1C(N)=O. The summed E-state index contributed by atoms with van der Waals surface area (Å²) in [6.45, 7) is 1.72. The number of carbonyl (C=O) groups is 3. The Balaban J connectivity index is 1.66. The van der Waals surface area contributed by atoms with Gasteiger partial charge in [0.15, 0.2) is 0 Å². The summed E-state index contributed by atoms with van der Waals surface area (Å²) in [6.07, 6.45) is 0. The first-order chi connectivity index (χ1) is 14.8. The van der Waals surface area contributed by atoms with Gasteiger partial charge in [-0.05, 0) is 49.4 Å². The predicted octanol–water partition coefficient (Wildman–Crippen LogP) is 4.30. The molecule has 3 rings (SSSR count). The largest absolute Gasteiger partial charge is 0.366 e. The Morgan fingerprint density at radius 2 is 1.58 bits per heavy atom. The van der Waals surface area contributed by atoms with E-state index in [2.05, 4.69) is 10.6 Å². The average Bonchev–Trinajstić information content (AvgIpc) is 2.74. The van der Waals surface area contributed by atoms with Crippen molar-refractivity contribution in [2.75, 3.05) is 10.6 Å². The van der Waals surface area contributed by atoms with Gasteiger partial charge in [0.2, 0.25) is 5.91 Å². The number of thioether (sulfide) groups is 1. The molecular weight excluding hydrogens is 417 g/mol. The van der Waals surface area contributed by atoms with Gasteiger partial charge in [-0.3, -0.25) is 14.4 Å². The molecule has 3 aromatic carbocycles. The Morgan fingerprint density at radius 1 is 0.903 bits per heavy atom. The predicted molar refractivity (Wildman–Crippen MR) is 120 cm³/mol. The fourth-order valence-corrected chi connectivity index (χ4v) is 3.72. The minimum absolute atomic E-state index is 0.0542. The van der Waals surface area contributed by atoms with E-state index in [1.54, 1.807) is 55.5 Å². The van der Waals surface area contributed by atoms with Crippen LogP contribution in [0, 0.1) is 5.82 Å². The van der Waals surface area contributed by atoms with Crippen LogP contribution in [0.1, 0.15) is 27.6 Å². The first-order valence-corrected chi connectivity index (χ1v) is 10.3. The molecule has 8 heteroatoms. The van der Waals surface area contributed by atoms with E-state index in [4.69, 9.17) is 5.73 Å². The van der Waals surface area contributed by atoms with Crippen LogP contribution in [0.4, 0.5) is 15.8 Å². The van der Waals surface area contributed by atoms with Gasteiger partial charge in [0, 0.05) is 10.6 Å². The first-order valence-electron chi connectivity index (χ1n) is 9.37. The second kappa shape index (κ2) is 9.90. The lowest BCUT2D eigenvalue weighted by atomic mass is 10.1. The van der Waals surface area contributed by atoms with Gasteiger partial charge in [0.25, 0.3) is 11.8 Å². The maximum Gasteiger partial charge on any atom is 0.258 e. The summed E-state index contributed by atoms with van der Waals surface area (Å²) in [5.74, 6) is -2.10. The van der Waals surface area contributed by atoms with Gasteiger partial charge in [0.05, 0.1) is 22.1 Å². The van der Waals surface area contributed by atoms with E-state index >= 15 is 0 Å². The van der Waals surface area contributed by atoms with Gasteiger partial charge >= 0.3 is 0 Å². The standard InChI is InChI=1S/C23H20FN3O3S/c1-14(22(29)27-20-12-5-3-10-18(20)21(25)28)31-16-8-6-7-15(13-16)26-23(30)17-9-2-4-11-19(17)24/h2-14H,1H3,(H2,25,28)(H,26,30)(H,27,29). The van der Waals surface area contributed by atoms with Crippen molar-refractivity contribution >= 4 is 40.9 Å². The van der Waals surface area contributed by atoms with Crippen LogP contribution in [0.2, 0.25) is 0 Å². The van der Waals surface area contributed by atoms with E-state index in [9.17, 15) is 18.8 Å². The van der Waals surface area contributed by atoms with E-state index in [1.807, 2.05) is 0 Å². The Kier molecular flexibility index (Phi) is 7.04. The number of amides is 3. The van der Waals surface area contributed by atoms with Crippen molar-refractivity contribution in [3.63, 3.8) is 0 Å². The van der Waals surface area contributed by atoms with Gasteiger partial charge < -0.3 is 16.4 Å². The number of para-hydroxylation sites is 1. The van der Waals surface area contributed by atoms with Crippen molar-refractivity contribution in [3.05, 3.63) is 89.7 Å². The number of anilines is 2. The highest BCUT2D eigenvalue weighted by molar-refractivity contribution is 8.00. The molecule has 0 fully saturated rings. The summed E-state index contributed by atoms with van der Waals surface area (Å²) in [6, 6.07) is 19.1. The lowest BCUT2D eigenvalue weighted by Gasteiger charge is -2.14. The zero-order valence-corrected chi connectivity index (χ0v) is 17.4. The number of hydrogen-bond donors (Lipinski definition) is 3. The van der Waals surface area contributed by atoms with Crippen molar-refractivity contribution in [1.29, 1.82) is 0 Å². The Morgan fingerprint density at radius 3 is 2.29 bits per heavy atom. The second-order valence-corrected chi connectivity index (χ2v) is 8.04. The van der Waals surface area contributed by atoms with Gasteiger partial charge in [-0.15, -0.1) is 11.8 Å². The van der Waals surface area contributed by atoms with Gasteiger partial charge in [-0.2, -0.15) is 0 Å². The molecule has 6 nitrogen and oxygen atoms in total. The number of carbonyl (C=O) groups excluding carboxylic acids is 3. The third kappa shape index (κ3) is 5.70. The zero-order valence-electron chi connectivity index (χ0n) is 16.6. The van der Waals surface area contributed by atoms with Crippen LogP contribution in [0.15, 0.2) is 77.7 Å². The van der Waals surface area contributed by atoms with Crippen molar-refractivity contribution in [3.8, 4) is 0 Å². The highest BCUT2D eigenvalue weighted by Crippen LogP contribution is 2.27. The summed E-state index contributed by atoms with van der Waals surface area (Å²) in [5.41, 5.74) is 6.34. The molecule has 0 aliphatic rings. The van der Waals surface area contributed by atoms with Crippen LogP contribution >= 0.6 is 11.8 Å². The monoisotopic (exact) mass is 437 g/mol. The quantitative estimate of drug-likeness (QED) is 0.480. The van der Waals surface area contributed by atoms with Gasteiger partial charge in [-0.1, -0.05) is 30.3 Å². The molecule has 1 atom stereocenters. The Bertz CT molecular complexity index is 1140. The Hall–Kier alpha value is -3.65. The third-order valence-electron chi connectivity index (χ3n) is 4.34. The summed E-state index contributed by atoms with van der Waals surface area (Å²) < 4.78 is 13.8. The summed E-state index contributed by atoms with van der Waals surface area (Å²) in [4.78, 5) is 37.1. The molecule has 3 amide bonds. The Labute approximate surface area is 183 Å². The van der Waals surface area contributed by atoms with Crippen molar-refractivity contribution in [1.82, 2.24) is 0 Å². The number of rotatable bonds is 7. The number of primary amides is 1. The van der Waals surface area contributed by atoms with Crippen LogP contribution in [-0.2, 0) is 4.79 Å². The van der Waals surface area contributed by atoms with Crippen molar-refractivity contribution in [2.45, 2.75) is 17.1 Å². The molecule has 0 saturated heterocycles. The van der Waals surface area contributed by atoms with E-state index < -0.39 is 22.9 Å². The van der Waals surface area contributed by atoms with Crippen molar-refractivity contribution < 1.29 is 18.8 Å². The second-order valence-electron chi connectivity index (χ2n) is 6.62. The normalized spacial score (nSPS) is 11.4. The number of halogens is 1. The van der Waals surface area contributed by atoms with E-state index in [0.29, 0.717) is 11.4 Å². The smallest absolute Gasteiger partial charge is 0.258 e. The minimum atomic E-state index is -0.630. The van der Waals surface area contributed by atoms with Crippen LogP contribution in [0.3, 0.4) is 0 Å². The van der Waals surface area contributed by atoms with Crippen LogP contribution in [0.25, 0.3) is 0 Å². The van der Waals surface area contributed by atoms with E-state index in [-0.39, 0.29) is 17.0 Å². The maximum atomic E-state index is 13.8. The van der Waals surface area contributed by atoms with Gasteiger partial charge in [-0.25, -0.2) is 4.39 Å². The molecule has 158 valence electrons. The fraction of sp³-hybridized carbons (Fsp3) is 0.0870. The molecule has 0 radical (unpaired) electrons. The van der Waals surface area contributed by atoms with E-state index in [1.165, 1.54) is 36.0 Å². The molecule has 3 aromatic rings. The number of benzene rings is 3. The summed E-state index contributed by atoms with van der Waals surface area (Å²) >= 11 is 1.27. The van der Waals surface area contributed by atoms with Crippen LogP contribution < -0.4 is 16.4 Å².